The third-order valence-electron chi connectivity index (χ3n) is 5.79. The van der Waals surface area contributed by atoms with Crippen LogP contribution in [0.25, 0.3) is 17.0 Å². The Labute approximate surface area is 206 Å². The predicted octanol–water partition coefficient (Wildman–Crippen LogP) is 6.49. The van der Waals surface area contributed by atoms with Crippen molar-refractivity contribution >= 4 is 39.9 Å². The van der Waals surface area contributed by atoms with Crippen LogP contribution < -0.4 is 4.74 Å². The summed E-state index contributed by atoms with van der Waals surface area (Å²) in [5.74, 6) is 0.158. The molecule has 176 valence electrons. The molecular weight excluding hydrogens is 463 g/mol. The number of rotatable bonds is 8. The Morgan fingerprint density at radius 3 is 2.46 bits per heavy atom. The van der Waals surface area contributed by atoms with Crippen LogP contribution in [0.4, 0.5) is 9.18 Å². The molecule has 0 radical (unpaired) electrons. The van der Waals surface area contributed by atoms with E-state index >= 15 is 0 Å². The largest absolute Gasteiger partial charge is 0.494 e. The van der Waals surface area contributed by atoms with Gasteiger partial charge in [0.25, 0.3) is 11.1 Å². The topological polar surface area (TPSA) is 51.5 Å². The minimum atomic E-state index is -0.356. The molecule has 1 aliphatic rings. The maximum absolute atomic E-state index is 13.2. The number of imide groups is 1. The average molecular weight is 487 g/mol. The Balaban J connectivity index is 1.32. The van der Waals surface area contributed by atoms with Gasteiger partial charge in [-0.3, -0.25) is 14.5 Å². The van der Waals surface area contributed by atoms with Gasteiger partial charge in [0.2, 0.25) is 0 Å². The lowest BCUT2D eigenvalue weighted by molar-refractivity contribution is -0.123. The van der Waals surface area contributed by atoms with Crippen LogP contribution in [0.2, 0.25) is 0 Å². The van der Waals surface area contributed by atoms with E-state index in [2.05, 4.69) is 4.57 Å². The second kappa shape index (κ2) is 10.2. The van der Waals surface area contributed by atoms with E-state index in [1.54, 1.807) is 18.2 Å². The molecule has 1 saturated heterocycles. The molecule has 35 heavy (non-hydrogen) atoms. The van der Waals surface area contributed by atoms with Gasteiger partial charge in [-0.25, -0.2) is 4.39 Å². The minimum absolute atomic E-state index is 0.117. The molecule has 0 atom stereocenters. The van der Waals surface area contributed by atoms with Crippen LogP contribution in [0.1, 0.15) is 17.5 Å². The average Bonchev–Trinajstić information content (AvgIpc) is 3.36. The smallest absolute Gasteiger partial charge is 0.293 e. The van der Waals surface area contributed by atoms with Crippen LogP contribution in [-0.2, 0) is 17.9 Å². The molecule has 2 amide bonds. The van der Waals surface area contributed by atoms with Gasteiger partial charge in [0.05, 0.1) is 18.1 Å². The molecule has 0 saturated carbocycles. The molecular formula is C28H23FN2O3S. The Hall–Kier alpha value is -3.84. The standard InChI is InChI=1S/C28H23FN2O3S/c29-22-13-11-20(12-14-22)18-31-27(32)26(35-28(31)33)17-21-19-30(25-10-5-4-9-24(21)25)15-6-16-34-23-7-2-1-3-8-23/h1-5,7-14,17,19H,6,15-16,18H2/b26-17-. The first kappa shape index (κ1) is 22.9. The number of halogens is 1. The van der Waals surface area contributed by atoms with E-state index in [0.717, 1.165) is 46.9 Å². The molecule has 1 aromatic heterocycles. The number of amides is 2. The highest BCUT2D eigenvalue weighted by Gasteiger charge is 2.35. The summed E-state index contributed by atoms with van der Waals surface area (Å²) in [4.78, 5) is 27.1. The molecule has 1 aliphatic heterocycles. The van der Waals surface area contributed by atoms with E-state index in [1.807, 2.05) is 60.8 Å². The number of benzene rings is 3. The van der Waals surface area contributed by atoms with Crippen LogP contribution in [0, 0.1) is 5.82 Å². The van der Waals surface area contributed by atoms with Crippen molar-refractivity contribution in [2.24, 2.45) is 0 Å². The molecule has 2 heterocycles. The lowest BCUT2D eigenvalue weighted by Gasteiger charge is -2.12. The maximum Gasteiger partial charge on any atom is 0.293 e. The van der Waals surface area contributed by atoms with Gasteiger partial charge in [-0.1, -0.05) is 48.5 Å². The molecule has 1 fully saturated rings. The monoisotopic (exact) mass is 486 g/mol. The van der Waals surface area contributed by atoms with Crippen LogP contribution in [0.15, 0.2) is 90.0 Å². The lowest BCUT2D eigenvalue weighted by Crippen LogP contribution is -2.27. The van der Waals surface area contributed by atoms with Crippen LogP contribution in [-0.4, -0.2) is 27.2 Å². The first-order valence-corrected chi connectivity index (χ1v) is 12.2. The van der Waals surface area contributed by atoms with Crippen molar-refractivity contribution in [2.45, 2.75) is 19.5 Å². The van der Waals surface area contributed by atoms with Crippen molar-refractivity contribution < 1.29 is 18.7 Å². The van der Waals surface area contributed by atoms with E-state index in [4.69, 9.17) is 4.74 Å². The molecule has 5 rings (SSSR count). The van der Waals surface area contributed by atoms with Crippen molar-refractivity contribution in [3.8, 4) is 5.75 Å². The first-order valence-electron chi connectivity index (χ1n) is 11.3. The van der Waals surface area contributed by atoms with Crippen LogP contribution in [0.5, 0.6) is 5.75 Å². The normalized spacial score (nSPS) is 14.9. The molecule has 3 aromatic carbocycles. The number of carbonyl (C=O) groups excluding carboxylic acids is 2. The van der Waals surface area contributed by atoms with E-state index in [-0.39, 0.29) is 23.5 Å². The van der Waals surface area contributed by atoms with Gasteiger partial charge in [-0.05, 0) is 60.2 Å². The Kier molecular flexibility index (Phi) is 6.68. The Morgan fingerprint density at radius 1 is 0.914 bits per heavy atom. The van der Waals surface area contributed by atoms with Crippen molar-refractivity contribution in [1.29, 1.82) is 0 Å². The van der Waals surface area contributed by atoms with Gasteiger partial charge < -0.3 is 9.30 Å². The Morgan fingerprint density at radius 2 is 1.66 bits per heavy atom. The summed E-state index contributed by atoms with van der Waals surface area (Å²) in [6, 6.07) is 23.5. The molecule has 5 nitrogen and oxygen atoms in total. The zero-order valence-electron chi connectivity index (χ0n) is 18.9. The second-order valence-electron chi connectivity index (χ2n) is 8.20. The number of nitrogens with zero attached hydrogens (tertiary/aromatic N) is 2. The zero-order valence-corrected chi connectivity index (χ0v) is 19.7. The number of thioether (sulfide) groups is 1. The summed E-state index contributed by atoms with van der Waals surface area (Å²) in [6.07, 6.45) is 4.62. The van der Waals surface area contributed by atoms with Gasteiger partial charge in [-0.2, -0.15) is 0 Å². The van der Waals surface area contributed by atoms with Crippen molar-refractivity contribution in [3.63, 3.8) is 0 Å². The lowest BCUT2D eigenvalue weighted by atomic mass is 10.1. The fourth-order valence-electron chi connectivity index (χ4n) is 4.07. The fourth-order valence-corrected chi connectivity index (χ4v) is 4.90. The summed E-state index contributed by atoms with van der Waals surface area (Å²) >= 11 is 0.931. The van der Waals surface area contributed by atoms with E-state index < -0.39 is 0 Å². The van der Waals surface area contributed by atoms with Gasteiger partial charge in [0, 0.05) is 29.2 Å². The molecule has 0 bridgehead atoms. The number of aromatic nitrogens is 1. The maximum atomic E-state index is 13.2. The highest BCUT2D eigenvalue weighted by atomic mass is 32.2. The third kappa shape index (κ3) is 5.15. The highest BCUT2D eigenvalue weighted by Crippen LogP contribution is 2.35. The molecule has 0 unspecified atom stereocenters. The van der Waals surface area contributed by atoms with Crippen LogP contribution in [0.3, 0.4) is 0 Å². The van der Waals surface area contributed by atoms with Crippen molar-refractivity contribution in [2.75, 3.05) is 6.61 Å². The number of aryl methyl sites for hydroxylation is 1. The summed E-state index contributed by atoms with van der Waals surface area (Å²) in [7, 11) is 0. The van der Waals surface area contributed by atoms with E-state index in [1.165, 1.54) is 17.0 Å². The molecule has 4 aromatic rings. The summed E-state index contributed by atoms with van der Waals surface area (Å²) < 4.78 is 21.2. The first-order chi connectivity index (χ1) is 17.1. The number of hydrogen-bond acceptors (Lipinski definition) is 4. The predicted molar refractivity (Wildman–Crippen MR) is 136 cm³/mol. The molecule has 0 N–H and O–H groups in total. The number of carbonyl (C=O) groups is 2. The van der Waals surface area contributed by atoms with Gasteiger partial charge >= 0.3 is 0 Å². The summed E-state index contributed by atoms with van der Waals surface area (Å²) in [6.45, 7) is 1.47. The second-order valence-corrected chi connectivity index (χ2v) is 9.20. The third-order valence-corrected chi connectivity index (χ3v) is 6.70. The van der Waals surface area contributed by atoms with Crippen molar-refractivity contribution in [3.05, 3.63) is 107 Å². The highest BCUT2D eigenvalue weighted by molar-refractivity contribution is 8.18. The number of ether oxygens (including phenoxy) is 1. The number of para-hydroxylation sites is 2. The quantitative estimate of drug-likeness (QED) is 0.211. The van der Waals surface area contributed by atoms with Gasteiger partial charge in [0.1, 0.15) is 11.6 Å². The molecule has 7 heteroatoms. The Bertz CT molecular complexity index is 1400. The summed E-state index contributed by atoms with van der Waals surface area (Å²) in [5.41, 5.74) is 2.64. The SMILES string of the molecule is O=C1S/C(=C\c2cn(CCCOc3ccccc3)c3ccccc23)C(=O)N1Cc1ccc(F)cc1. The van der Waals surface area contributed by atoms with Crippen LogP contribution >= 0.6 is 11.8 Å². The van der Waals surface area contributed by atoms with Gasteiger partial charge in [-0.15, -0.1) is 0 Å². The minimum Gasteiger partial charge on any atom is -0.494 e. The zero-order chi connectivity index (χ0) is 24.2. The van der Waals surface area contributed by atoms with E-state index in [9.17, 15) is 14.0 Å². The molecule has 0 spiro atoms. The summed E-state index contributed by atoms with van der Waals surface area (Å²) in [5, 5.41) is 0.689. The van der Waals surface area contributed by atoms with E-state index in [0.29, 0.717) is 17.1 Å². The number of fused-ring (bicyclic) bond motifs is 1. The van der Waals surface area contributed by atoms with Gasteiger partial charge in [0.15, 0.2) is 0 Å². The number of hydrogen-bond donors (Lipinski definition) is 0. The fraction of sp³-hybridized carbons (Fsp3) is 0.143. The molecule has 0 aliphatic carbocycles. The van der Waals surface area contributed by atoms with Crippen molar-refractivity contribution in [1.82, 2.24) is 9.47 Å².